The van der Waals surface area contributed by atoms with Crippen LogP contribution in [0.2, 0.25) is 0 Å². The van der Waals surface area contributed by atoms with Crippen LogP contribution in [0.5, 0.6) is 0 Å². The number of nitriles is 1. The second-order valence-corrected chi connectivity index (χ2v) is 3.88. The number of rotatable bonds is 8. The molecule has 0 N–H and O–H groups in total. The molecule has 3 heteroatoms. The molecule has 0 bridgehead atoms. The zero-order valence-electron chi connectivity index (χ0n) is 9.79. The summed E-state index contributed by atoms with van der Waals surface area (Å²) in [6.45, 7) is 3.37. The first kappa shape index (κ1) is 14.0. The molecule has 0 radical (unpaired) electrons. The third kappa shape index (κ3) is 10.9. The molecule has 86 valence electrons. The molecule has 0 aliphatic carbocycles. The fourth-order valence-corrected chi connectivity index (χ4v) is 1.51. The van der Waals surface area contributed by atoms with Gasteiger partial charge in [-0.05, 0) is 26.2 Å². The summed E-state index contributed by atoms with van der Waals surface area (Å²) in [7, 11) is 0. The van der Waals surface area contributed by atoms with Crippen molar-refractivity contribution in [3.63, 3.8) is 0 Å². The van der Waals surface area contributed by atoms with Crippen molar-refractivity contribution in [3.05, 3.63) is 0 Å². The van der Waals surface area contributed by atoms with Crippen LogP contribution in [-0.4, -0.2) is 12.1 Å². The van der Waals surface area contributed by atoms with Gasteiger partial charge in [-0.2, -0.15) is 5.26 Å². The molecule has 0 aliphatic rings. The summed E-state index contributed by atoms with van der Waals surface area (Å²) in [6, 6.07) is 2.14. The van der Waals surface area contributed by atoms with Crippen molar-refractivity contribution in [2.45, 2.75) is 64.9 Å². The molecule has 0 rings (SSSR count). The maximum Gasteiger partial charge on any atom is 0.302 e. The van der Waals surface area contributed by atoms with E-state index in [0.29, 0.717) is 6.42 Å². The Hall–Kier alpha value is -1.04. The van der Waals surface area contributed by atoms with Crippen LogP contribution in [0, 0.1) is 11.3 Å². The van der Waals surface area contributed by atoms with Crippen molar-refractivity contribution in [1.29, 1.82) is 5.26 Å². The predicted molar refractivity (Wildman–Crippen MR) is 59.2 cm³/mol. The molecule has 0 aromatic rings. The number of carbonyl (C=O) groups excluding carboxylic acids is 1. The number of hydrogen-bond acceptors (Lipinski definition) is 3. The Morgan fingerprint density at radius 3 is 2.47 bits per heavy atom. The smallest absolute Gasteiger partial charge is 0.302 e. The molecule has 1 unspecified atom stereocenters. The monoisotopic (exact) mass is 211 g/mol. The van der Waals surface area contributed by atoms with Gasteiger partial charge in [-0.15, -0.1) is 0 Å². The second kappa shape index (κ2) is 9.51. The highest BCUT2D eigenvalue weighted by atomic mass is 16.5. The zero-order chi connectivity index (χ0) is 11.5. The standard InChI is InChI=1S/C12H21NO2/c1-11(15-12(2)14)9-7-5-3-4-6-8-10-13/h11H,3-9H2,1-2H3. The van der Waals surface area contributed by atoms with Gasteiger partial charge in [-0.25, -0.2) is 0 Å². The average molecular weight is 211 g/mol. The molecule has 15 heavy (non-hydrogen) atoms. The van der Waals surface area contributed by atoms with E-state index in [1.54, 1.807) is 0 Å². The molecule has 0 saturated carbocycles. The van der Waals surface area contributed by atoms with Gasteiger partial charge in [-0.3, -0.25) is 4.79 Å². The lowest BCUT2D eigenvalue weighted by Crippen LogP contribution is -2.11. The van der Waals surface area contributed by atoms with Gasteiger partial charge in [0, 0.05) is 13.3 Å². The van der Waals surface area contributed by atoms with Crippen molar-refractivity contribution >= 4 is 5.97 Å². The molecule has 3 nitrogen and oxygen atoms in total. The van der Waals surface area contributed by atoms with Crippen molar-refractivity contribution in [1.82, 2.24) is 0 Å². The van der Waals surface area contributed by atoms with Gasteiger partial charge in [0.15, 0.2) is 0 Å². The highest BCUT2D eigenvalue weighted by molar-refractivity contribution is 5.66. The van der Waals surface area contributed by atoms with Crippen LogP contribution in [-0.2, 0) is 9.53 Å². The number of esters is 1. The van der Waals surface area contributed by atoms with Gasteiger partial charge in [0.1, 0.15) is 0 Å². The molecule has 0 aromatic heterocycles. The Morgan fingerprint density at radius 2 is 1.87 bits per heavy atom. The molecule has 0 amide bonds. The number of nitrogens with zero attached hydrogens (tertiary/aromatic N) is 1. The minimum atomic E-state index is -0.198. The molecule has 0 aliphatic heterocycles. The normalized spacial score (nSPS) is 11.8. The van der Waals surface area contributed by atoms with Crippen molar-refractivity contribution < 1.29 is 9.53 Å². The minimum absolute atomic E-state index is 0.0432. The van der Waals surface area contributed by atoms with Crippen LogP contribution in [0.1, 0.15) is 58.8 Å². The zero-order valence-corrected chi connectivity index (χ0v) is 9.79. The van der Waals surface area contributed by atoms with Crippen LogP contribution in [0.4, 0.5) is 0 Å². The highest BCUT2D eigenvalue weighted by Gasteiger charge is 2.04. The fourth-order valence-electron chi connectivity index (χ4n) is 1.51. The minimum Gasteiger partial charge on any atom is -0.463 e. The van der Waals surface area contributed by atoms with Gasteiger partial charge in [0.2, 0.25) is 0 Å². The van der Waals surface area contributed by atoms with Crippen LogP contribution in [0.25, 0.3) is 0 Å². The lowest BCUT2D eigenvalue weighted by Gasteiger charge is -2.10. The summed E-state index contributed by atoms with van der Waals surface area (Å²) in [6.07, 6.45) is 7.24. The topological polar surface area (TPSA) is 50.1 Å². The SMILES string of the molecule is CC(=O)OC(C)CCCCCCCC#N. The molecule has 0 heterocycles. The summed E-state index contributed by atoms with van der Waals surface area (Å²) >= 11 is 0. The Balaban J connectivity index is 3.17. The molecule has 1 atom stereocenters. The van der Waals surface area contributed by atoms with Gasteiger partial charge < -0.3 is 4.74 Å². The Labute approximate surface area is 92.4 Å². The van der Waals surface area contributed by atoms with Gasteiger partial charge in [0.25, 0.3) is 0 Å². The summed E-state index contributed by atoms with van der Waals surface area (Å²) in [4.78, 5) is 10.6. The average Bonchev–Trinajstić information content (AvgIpc) is 2.15. The van der Waals surface area contributed by atoms with E-state index in [0.717, 1.165) is 32.1 Å². The number of ether oxygens (including phenoxy) is 1. The predicted octanol–water partition coefficient (Wildman–Crippen LogP) is 3.19. The van der Waals surface area contributed by atoms with E-state index in [1.807, 2.05) is 6.92 Å². The largest absolute Gasteiger partial charge is 0.463 e. The van der Waals surface area contributed by atoms with E-state index in [4.69, 9.17) is 10.00 Å². The second-order valence-electron chi connectivity index (χ2n) is 3.88. The van der Waals surface area contributed by atoms with E-state index in [1.165, 1.54) is 13.3 Å². The molecule has 0 aromatic carbocycles. The quantitative estimate of drug-likeness (QED) is 0.457. The number of hydrogen-bond donors (Lipinski definition) is 0. The van der Waals surface area contributed by atoms with E-state index in [9.17, 15) is 4.79 Å². The Kier molecular flexibility index (Phi) is 8.85. The Bertz CT molecular complexity index is 208. The fraction of sp³-hybridized carbons (Fsp3) is 0.833. The van der Waals surface area contributed by atoms with Crippen molar-refractivity contribution in [2.75, 3.05) is 0 Å². The number of unbranched alkanes of at least 4 members (excludes halogenated alkanes) is 5. The summed E-state index contributed by atoms with van der Waals surface area (Å²) in [5.41, 5.74) is 0. The first-order chi connectivity index (χ1) is 7.16. The van der Waals surface area contributed by atoms with Crippen LogP contribution < -0.4 is 0 Å². The third-order valence-corrected chi connectivity index (χ3v) is 2.27. The third-order valence-electron chi connectivity index (χ3n) is 2.27. The van der Waals surface area contributed by atoms with Crippen LogP contribution in [0.3, 0.4) is 0 Å². The molecular formula is C12H21NO2. The lowest BCUT2D eigenvalue weighted by molar-refractivity contribution is -0.145. The molecule has 0 spiro atoms. The first-order valence-corrected chi connectivity index (χ1v) is 5.71. The lowest BCUT2D eigenvalue weighted by atomic mass is 10.1. The van der Waals surface area contributed by atoms with Gasteiger partial charge in [0.05, 0.1) is 12.2 Å². The van der Waals surface area contributed by atoms with Crippen LogP contribution in [0.15, 0.2) is 0 Å². The van der Waals surface area contributed by atoms with Gasteiger partial charge in [-0.1, -0.05) is 19.3 Å². The summed E-state index contributed by atoms with van der Waals surface area (Å²) < 4.78 is 5.01. The van der Waals surface area contributed by atoms with Gasteiger partial charge >= 0.3 is 5.97 Å². The molecular weight excluding hydrogens is 190 g/mol. The summed E-state index contributed by atoms with van der Waals surface area (Å²) in [5, 5.41) is 8.33. The van der Waals surface area contributed by atoms with Crippen molar-refractivity contribution in [3.8, 4) is 6.07 Å². The van der Waals surface area contributed by atoms with E-state index >= 15 is 0 Å². The van der Waals surface area contributed by atoms with Crippen LogP contribution >= 0.6 is 0 Å². The van der Waals surface area contributed by atoms with E-state index in [2.05, 4.69) is 6.07 Å². The van der Waals surface area contributed by atoms with E-state index < -0.39 is 0 Å². The first-order valence-electron chi connectivity index (χ1n) is 5.71. The highest BCUT2D eigenvalue weighted by Crippen LogP contribution is 2.10. The maximum atomic E-state index is 10.6. The summed E-state index contributed by atoms with van der Waals surface area (Å²) in [5.74, 6) is -0.198. The number of carbonyl (C=O) groups is 1. The van der Waals surface area contributed by atoms with E-state index in [-0.39, 0.29) is 12.1 Å². The Morgan fingerprint density at radius 1 is 1.27 bits per heavy atom. The van der Waals surface area contributed by atoms with Crippen molar-refractivity contribution in [2.24, 2.45) is 0 Å². The molecule has 0 saturated heterocycles. The molecule has 0 fully saturated rings. The maximum absolute atomic E-state index is 10.6.